The van der Waals surface area contributed by atoms with E-state index in [-0.39, 0.29) is 0 Å². The second-order valence-electron chi connectivity index (χ2n) is 2.50. The summed E-state index contributed by atoms with van der Waals surface area (Å²) in [5, 5.41) is 0. The zero-order valence-electron chi connectivity index (χ0n) is 4.82. The van der Waals surface area contributed by atoms with Gasteiger partial charge in [-0.2, -0.15) is 0 Å². The van der Waals surface area contributed by atoms with E-state index in [1.54, 1.807) is 0 Å². The highest BCUT2D eigenvalue weighted by molar-refractivity contribution is 6.11. The van der Waals surface area contributed by atoms with Gasteiger partial charge in [0.25, 0.3) is 0 Å². The lowest BCUT2D eigenvalue weighted by Gasteiger charge is -2.15. The maximum absolute atomic E-state index is 2.18. The third-order valence-corrected chi connectivity index (χ3v) is 2.54. The molecule has 1 rings (SSSR count). The predicted octanol–water partition coefficient (Wildman–Crippen LogP) is 1.37. The second kappa shape index (κ2) is 2.51. The molecule has 1 radical (unpaired) electrons. The van der Waals surface area contributed by atoms with Crippen LogP contribution in [0.15, 0.2) is 0 Å². The number of rotatable bonds is 0. The molecule has 0 spiro atoms. The van der Waals surface area contributed by atoms with Crippen molar-refractivity contribution in [3.63, 3.8) is 0 Å². The van der Waals surface area contributed by atoms with E-state index in [4.69, 9.17) is 0 Å². The Hall–Kier alpha value is 0.217. The van der Waals surface area contributed by atoms with Gasteiger partial charge in [0.15, 0.2) is 0 Å². The molecule has 1 heteroatoms. The SMILES string of the molecule is [SiH2]C1CCCCC1. The Balaban J connectivity index is 2.12. The van der Waals surface area contributed by atoms with Crippen LogP contribution in [0.4, 0.5) is 0 Å². The van der Waals surface area contributed by atoms with E-state index >= 15 is 0 Å². The molecular weight excluding hydrogens is 100 g/mol. The van der Waals surface area contributed by atoms with Crippen LogP contribution < -0.4 is 0 Å². The molecule has 0 aromatic carbocycles. The summed E-state index contributed by atoms with van der Waals surface area (Å²) in [6, 6.07) is 0. The molecule has 0 bridgehead atoms. The minimum atomic E-state index is 1.06. The van der Waals surface area contributed by atoms with E-state index in [0.29, 0.717) is 0 Å². The highest BCUT2D eigenvalue weighted by Crippen LogP contribution is 2.24. The molecule has 0 amide bonds. The van der Waals surface area contributed by atoms with Crippen LogP contribution in [0.25, 0.3) is 0 Å². The first-order valence-electron chi connectivity index (χ1n) is 3.22. The van der Waals surface area contributed by atoms with Crippen LogP contribution in [-0.4, -0.2) is 10.2 Å². The van der Waals surface area contributed by atoms with E-state index in [1.165, 1.54) is 32.1 Å². The first kappa shape index (κ1) is 5.36. The molecule has 1 fully saturated rings. The number of hydrogen-bond acceptors (Lipinski definition) is 0. The first-order valence-corrected chi connectivity index (χ1v) is 4.04. The van der Waals surface area contributed by atoms with Gasteiger partial charge < -0.3 is 0 Å². The molecule has 0 N–H and O–H groups in total. The molecule has 0 aliphatic heterocycles. The van der Waals surface area contributed by atoms with E-state index < -0.39 is 0 Å². The Labute approximate surface area is 48.7 Å². The van der Waals surface area contributed by atoms with Gasteiger partial charge in [-0.1, -0.05) is 37.6 Å². The third-order valence-electron chi connectivity index (χ3n) is 1.72. The molecule has 0 atom stereocenters. The van der Waals surface area contributed by atoms with E-state index in [2.05, 4.69) is 10.2 Å². The van der Waals surface area contributed by atoms with Gasteiger partial charge in [0.05, 0.1) is 0 Å². The molecule has 0 heterocycles. The lowest BCUT2D eigenvalue weighted by molar-refractivity contribution is 0.504. The number of hydrogen-bond donors (Lipinski definition) is 0. The van der Waals surface area contributed by atoms with Crippen molar-refractivity contribution in [3.05, 3.63) is 0 Å². The van der Waals surface area contributed by atoms with Gasteiger partial charge in [-0.3, -0.25) is 0 Å². The molecule has 0 saturated heterocycles. The standard InChI is InChI=1S/C6H13Si/c7-6-4-2-1-3-5-6/h6H,1-5,7H2. The average molecular weight is 113 g/mol. The van der Waals surface area contributed by atoms with Gasteiger partial charge in [-0.05, 0) is 0 Å². The van der Waals surface area contributed by atoms with Crippen LogP contribution in [0.1, 0.15) is 32.1 Å². The monoisotopic (exact) mass is 113 g/mol. The summed E-state index contributed by atoms with van der Waals surface area (Å²) in [6.07, 6.45) is 7.48. The molecule has 0 unspecified atom stereocenters. The topological polar surface area (TPSA) is 0 Å². The predicted molar refractivity (Wildman–Crippen MR) is 35.4 cm³/mol. The molecule has 1 aliphatic rings. The summed E-state index contributed by atoms with van der Waals surface area (Å²) in [5.74, 6) is 0. The average Bonchev–Trinajstić information content (AvgIpc) is 1.69. The Bertz CT molecular complexity index is 46.1. The van der Waals surface area contributed by atoms with Crippen LogP contribution in [0.2, 0.25) is 5.54 Å². The quantitative estimate of drug-likeness (QED) is 0.416. The van der Waals surface area contributed by atoms with Gasteiger partial charge in [-0.15, -0.1) is 0 Å². The van der Waals surface area contributed by atoms with Crippen LogP contribution >= 0.6 is 0 Å². The third kappa shape index (κ3) is 1.64. The summed E-state index contributed by atoms with van der Waals surface area (Å²) < 4.78 is 0. The zero-order chi connectivity index (χ0) is 5.11. The summed E-state index contributed by atoms with van der Waals surface area (Å²) in [4.78, 5) is 0. The molecule has 0 aromatic heterocycles. The van der Waals surface area contributed by atoms with Gasteiger partial charge >= 0.3 is 0 Å². The minimum Gasteiger partial charge on any atom is -0.0539 e. The molecule has 41 valence electrons. The summed E-state index contributed by atoms with van der Waals surface area (Å²) >= 11 is 0. The lowest BCUT2D eigenvalue weighted by Crippen LogP contribution is -1.98. The lowest BCUT2D eigenvalue weighted by atomic mass is 10.0. The summed E-state index contributed by atoms with van der Waals surface area (Å²) in [6.45, 7) is 0. The molecule has 7 heavy (non-hydrogen) atoms. The Morgan fingerprint density at radius 3 is 1.86 bits per heavy atom. The second-order valence-corrected chi connectivity index (χ2v) is 3.66. The van der Waals surface area contributed by atoms with Crippen molar-refractivity contribution in [2.24, 2.45) is 0 Å². The maximum Gasteiger partial charge on any atom is 0.0121 e. The summed E-state index contributed by atoms with van der Waals surface area (Å²) in [5.41, 5.74) is 1.06. The smallest absolute Gasteiger partial charge is 0.0121 e. The van der Waals surface area contributed by atoms with Gasteiger partial charge in [-0.25, -0.2) is 0 Å². The molecular formula is C6H13Si. The first-order chi connectivity index (χ1) is 3.39. The van der Waals surface area contributed by atoms with E-state index in [9.17, 15) is 0 Å². The molecule has 0 nitrogen and oxygen atoms in total. The van der Waals surface area contributed by atoms with Crippen molar-refractivity contribution in [1.82, 2.24) is 0 Å². The van der Waals surface area contributed by atoms with Crippen molar-refractivity contribution in [3.8, 4) is 0 Å². The van der Waals surface area contributed by atoms with Crippen LogP contribution in [0, 0.1) is 0 Å². The van der Waals surface area contributed by atoms with Crippen LogP contribution in [0.3, 0.4) is 0 Å². The van der Waals surface area contributed by atoms with Crippen LogP contribution in [-0.2, 0) is 0 Å². The van der Waals surface area contributed by atoms with Crippen molar-refractivity contribution >= 4 is 10.2 Å². The van der Waals surface area contributed by atoms with Crippen molar-refractivity contribution in [1.29, 1.82) is 0 Å². The largest absolute Gasteiger partial charge is 0.0539 e. The fraction of sp³-hybridized carbons (Fsp3) is 1.00. The Kier molecular flexibility index (Phi) is 1.92. The fourth-order valence-corrected chi connectivity index (χ4v) is 1.76. The van der Waals surface area contributed by atoms with Crippen molar-refractivity contribution in [2.45, 2.75) is 37.6 Å². The molecule has 1 aliphatic carbocycles. The highest BCUT2D eigenvalue weighted by Gasteiger charge is 2.05. The fourth-order valence-electron chi connectivity index (χ4n) is 1.19. The van der Waals surface area contributed by atoms with Gasteiger partial charge in [0.2, 0.25) is 0 Å². The maximum atomic E-state index is 2.18. The molecule has 0 aromatic rings. The molecule has 1 saturated carbocycles. The summed E-state index contributed by atoms with van der Waals surface area (Å²) in [7, 11) is 2.18. The minimum absolute atomic E-state index is 1.06. The van der Waals surface area contributed by atoms with Gasteiger partial charge in [0.1, 0.15) is 0 Å². The highest BCUT2D eigenvalue weighted by atomic mass is 28.1. The van der Waals surface area contributed by atoms with E-state index in [0.717, 1.165) is 5.54 Å². The van der Waals surface area contributed by atoms with E-state index in [1.807, 2.05) is 0 Å². The zero-order valence-corrected chi connectivity index (χ0v) is 6.23. The van der Waals surface area contributed by atoms with Gasteiger partial charge in [0, 0.05) is 10.2 Å². The normalized spacial score (nSPS) is 25.3. The Morgan fingerprint density at radius 2 is 1.57 bits per heavy atom. The van der Waals surface area contributed by atoms with Crippen molar-refractivity contribution < 1.29 is 0 Å². The van der Waals surface area contributed by atoms with Crippen molar-refractivity contribution in [2.75, 3.05) is 0 Å². The van der Waals surface area contributed by atoms with Crippen LogP contribution in [0.5, 0.6) is 0 Å². The Morgan fingerprint density at radius 1 is 1.00 bits per heavy atom.